The highest BCUT2D eigenvalue weighted by Crippen LogP contribution is 2.18. The van der Waals surface area contributed by atoms with Crippen LogP contribution in [0.4, 0.5) is 4.79 Å². The molecule has 0 fully saturated rings. The number of nitrogens with zero attached hydrogens (tertiary/aromatic N) is 1. The molecule has 0 saturated carbocycles. The molecule has 1 N–H and O–H groups in total. The summed E-state index contributed by atoms with van der Waals surface area (Å²) in [6, 6.07) is 4.38. The molecule has 0 aromatic heterocycles. The average Bonchev–Trinajstić information content (AvgIpc) is 2.58. The molecule has 11 heteroatoms. The fourth-order valence-corrected chi connectivity index (χ4v) is 3.19. The van der Waals surface area contributed by atoms with Crippen LogP contribution in [0.25, 0.3) is 0 Å². The average molecular weight is 463 g/mol. The first-order valence-corrected chi connectivity index (χ1v) is 11.4. The Hall–Kier alpha value is -2.33. The van der Waals surface area contributed by atoms with Gasteiger partial charge in [-0.3, -0.25) is 4.79 Å². The first-order valence-electron chi connectivity index (χ1n) is 9.05. The van der Waals surface area contributed by atoms with Gasteiger partial charge in [-0.2, -0.15) is 0 Å². The number of carbonyl (C=O) groups is 3. The first kappa shape index (κ1) is 25.7. The summed E-state index contributed by atoms with van der Waals surface area (Å²) in [5, 5.41) is 2.41. The third-order valence-electron chi connectivity index (χ3n) is 3.68. The van der Waals surface area contributed by atoms with E-state index < -0.39 is 44.8 Å². The summed E-state index contributed by atoms with van der Waals surface area (Å²) in [6.07, 6.45) is -2.05. The van der Waals surface area contributed by atoms with E-state index in [1.54, 1.807) is 26.8 Å². The summed E-state index contributed by atoms with van der Waals surface area (Å²) in [5.74, 6) is -1.31. The van der Waals surface area contributed by atoms with Gasteiger partial charge >= 0.3 is 12.1 Å². The van der Waals surface area contributed by atoms with Gasteiger partial charge in [-0.1, -0.05) is 12.1 Å². The maximum absolute atomic E-state index is 12.7. The molecule has 2 atom stereocenters. The molecule has 9 nitrogen and oxygen atoms in total. The lowest BCUT2D eigenvalue weighted by atomic mass is 10.1. The van der Waals surface area contributed by atoms with E-state index in [1.165, 1.54) is 44.1 Å². The van der Waals surface area contributed by atoms with Crippen LogP contribution >= 0.6 is 10.7 Å². The standard InChI is InChI=1S/C19H27ClN2O7S/c1-12(16(23)22(5)6)28-17(24)15(21-18(25)29-19(2,3)4)11-13-8-7-9-14(10-13)30(20,26)27/h7-10,12,15H,11H2,1-6H3,(H,21,25)/t12?,15-/m0/s1. The Morgan fingerprint density at radius 1 is 1.20 bits per heavy atom. The largest absolute Gasteiger partial charge is 0.451 e. The van der Waals surface area contributed by atoms with Crippen molar-refractivity contribution in [3.05, 3.63) is 29.8 Å². The highest BCUT2D eigenvalue weighted by atomic mass is 35.7. The van der Waals surface area contributed by atoms with Crippen molar-refractivity contribution in [1.29, 1.82) is 0 Å². The van der Waals surface area contributed by atoms with Crippen molar-refractivity contribution in [3.8, 4) is 0 Å². The number of esters is 1. The SMILES string of the molecule is CC(OC(=O)[C@H](Cc1cccc(S(=O)(=O)Cl)c1)NC(=O)OC(C)(C)C)C(=O)N(C)C. The predicted molar refractivity (Wildman–Crippen MR) is 111 cm³/mol. The van der Waals surface area contributed by atoms with Gasteiger partial charge in [-0.25, -0.2) is 18.0 Å². The molecular weight excluding hydrogens is 436 g/mol. The summed E-state index contributed by atoms with van der Waals surface area (Å²) >= 11 is 0. The Kier molecular flexibility index (Phi) is 8.67. The van der Waals surface area contributed by atoms with Gasteiger partial charge in [0.05, 0.1) is 4.90 Å². The summed E-state index contributed by atoms with van der Waals surface area (Å²) in [7, 11) is 4.42. The van der Waals surface area contributed by atoms with E-state index in [4.69, 9.17) is 20.2 Å². The van der Waals surface area contributed by atoms with Crippen molar-refractivity contribution in [2.24, 2.45) is 0 Å². The summed E-state index contributed by atoms with van der Waals surface area (Å²) < 4.78 is 33.5. The van der Waals surface area contributed by atoms with Gasteiger partial charge in [0.2, 0.25) is 0 Å². The zero-order chi connectivity index (χ0) is 23.3. The number of benzene rings is 1. The molecule has 168 valence electrons. The molecule has 2 amide bonds. The molecular formula is C19H27ClN2O7S. The van der Waals surface area contributed by atoms with Crippen molar-refractivity contribution in [2.75, 3.05) is 14.1 Å². The minimum Gasteiger partial charge on any atom is -0.451 e. The molecule has 1 rings (SSSR count). The first-order chi connectivity index (χ1) is 13.6. The number of rotatable bonds is 7. The number of hydrogen-bond donors (Lipinski definition) is 1. The third-order valence-corrected chi connectivity index (χ3v) is 5.03. The van der Waals surface area contributed by atoms with E-state index in [1.807, 2.05) is 0 Å². The summed E-state index contributed by atoms with van der Waals surface area (Å²) in [5.41, 5.74) is -0.402. The van der Waals surface area contributed by atoms with Crippen LogP contribution in [0.1, 0.15) is 33.3 Å². The molecule has 1 aromatic rings. The Balaban J connectivity index is 3.10. The maximum Gasteiger partial charge on any atom is 0.408 e. The number of nitrogens with one attached hydrogen (secondary N) is 1. The van der Waals surface area contributed by atoms with Gasteiger partial charge in [0.15, 0.2) is 6.10 Å². The van der Waals surface area contributed by atoms with E-state index in [0.717, 1.165) is 0 Å². The minimum absolute atomic E-state index is 0.110. The van der Waals surface area contributed by atoms with Crippen LogP contribution in [0.3, 0.4) is 0 Å². The fraction of sp³-hybridized carbons (Fsp3) is 0.526. The quantitative estimate of drug-likeness (QED) is 0.486. The van der Waals surface area contributed by atoms with Crippen molar-refractivity contribution in [1.82, 2.24) is 10.2 Å². The Morgan fingerprint density at radius 3 is 2.30 bits per heavy atom. The molecule has 0 saturated heterocycles. The highest BCUT2D eigenvalue weighted by Gasteiger charge is 2.29. The lowest BCUT2D eigenvalue weighted by molar-refractivity contribution is -0.159. The minimum atomic E-state index is -3.97. The van der Waals surface area contributed by atoms with Gasteiger partial charge in [-0.05, 0) is 45.4 Å². The second kappa shape index (κ2) is 10.1. The Bertz CT molecular complexity index is 894. The van der Waals surface area contributed by atoms with Crippen molar-refractivity contribution in [2.45, 2.75) is 56.8 Å². The van der Waals surface area contributed by atoms with E-state index >= 15 is 0 Å². The molecule has 0 aliphatic rings. The Morgan fingerprint density at radius 2 is 1.80 bits per heavy atom. The fourth-order valence-electron chi connectivity index (χ4n) is 2.37. The molecule has 30 heavy (non-hydrogen) atoms. The number of halogens is 1. The maximum atomic E-state index is 12.7. The number of alkyl carbamates (subject to hydrolysis) is 1. The van der Waals surface area contributed by atoms with Crippen LogP contribution < -0.4 is 5.32 Å². The van der Waals surface area contributed by atoms with Gasteiger partial charge in [0.25, 0.3) is 15.0 Å². The van der Waals surface area contributed by atoms with Gasteiger partial charge in [-0.15, -0.1) is 0 Å². The Labute approximate surface area is 181 Å². The molecule has 1 aromatic carbocycles. The molecule has 0 spiro atoms. The van der Waals surface area contributed by atoms with Crippen LogP contribution in [0.15, 0.2) is 29.2 Å². The molecule has 0 aliphatic heterocycles. The lowest BCUT2D eigenvalue weighted by Gasteiger charge is -2.24. The van der Waals surface area contributed by atoms with Crippen LogP contribution in [0, 0.1) is 0 Å². The zero-order valence-corrected chi connectivity index (χ0v) is 19.3. The number of likely N-dealkylation sites (N-methyl/N-ethyl adjacent to an activating group) is 1. The monoisotopic (exact) mass is 462 g/mol. The van der Waals surface area contributed by atoms with Crippen molar-refractivity contribution in [3.63, 3.8) is 0 Å². The van der Waals surface area contributed by atoms with Crippen molar-refractivity contribution >= 4 is 37.7 Å². The van der Waals surface area contributed by atoms with Crippen LogP contribution in [-0.2, 0) is 34.5 Å². The number of amides is 2. The van der Waals surface area contributed by atoms with E-state index in [2.05, 4.69) is 5.32 Å². The second-order valence-electron chi connectivity index (χ2n) is 7.80. The second-order valence-corrected chi connectivity index (χ2v) is 10.4. The molecule has 0 aliphatic carbocycles. The van der Waals surface area contributed by atoms with Crippen LogP contribution in [0.5, 0.6) is 0 Å². The van der Waals surface area contributed by atoms with Gasteiger partial charge in [0.1, 0.15) is 11.6 Å². The van der Waals surface area contributed by atoms with E-state index in [-0.39, 0.29) is 11.3 Å². The normalized spacial score (nSPS) is 13.7. The smallest absolute Gasteiger partial charge is 0.408 e. The number of ether oxygens (including phenoxy) is 2. The molecule has 0 radical (unpaired) electrons. The van der Waals surface area contributed by atoms with E-state index in [0.29, 0.717) is 5.56 Å². The topological polar surface area (TPSA) is 119 Å². The summed E-state index contributed by atoms with van der Waals surface area (Å²) in [6.45, 7) is 6.39. The van der Waals surface area contributed by atoms with E-state index in [9.17, 15) is 22.8 Å². The van der Waals surface area contributed by atoms with Crippen LogP contribution in [0.2, 0.25) is 0 Å². The van der Waals surface area contributed by atoms with Crippen LogP contribution in [-0.4, -0.2) is 63.1 Å². The van der Waals surface area contributed by atoms with Gasteiger partial charge < -0.3 is 19.7 Å². The molecule has 0 heterocycles. The molecule has 0 bridgehead atoms. The third kappa shape index (κ3) is 8.58. The van der Waals surface area contributed by atoms with Crippen molar-refractivity contribution < 1.29 is 32.3 Å². The van der Waals surface area contributed by atoms with Gasteiger partial charge in [0, 0.05) is 31.2 Å². The number of carbonyl (C=O) groups excluding carboxylic acids is 3. The summed E-state index contributed by atoms with van der Waals surface area (Å²) in [4.78, 5) is 37.9. The number of hydrogen-bond acceptors (Lipinski definition) is 7. The zero-order valence-electron chi connectivity index (χ0n) is 17.8. The highest BCUT2D eigenvalue weighted by molar-refractivity contribution is 8.13. The molecule has 1 unspecified atom stereocenters. The predicted octanol–water partition coefficient (Wildman–Crippen LogP) is 2.07. The lowest BCUT2D eigenvalue weighted by Crippen LogP contribution is -2.47.